The number of nitrogens with one attached hydrogen (secondary N) is 1. The molecule has 4 rings (SSSR count). The Kier molecular flexibility index (Phi) is 2.47. The van der Waals surface area contributed by atoms with Crippen molar-refractivity contribution in [2.75, 3.05) is 20.2 Å². The van der Waals surface area contributed by atoms with Gasteiger partial charge in [-0.25, -0.2) is 0 Å². The Labute approximate surface area is 113 Å². The van der Waals surface area contributed by atoms with Crippen LogP contribution in [0, 0.1) is 11.8 Å². The van der Waals surface area contributed by atoms with Gasteiger partial charge in [-0.1, -0.05) is 12.1 Å². The van der Waals surface area contributed by atoms with Crippen LogP contribution >= 0.6 is 0 Å². The van der Waals surface area contributed by atoms with E-state index in [-0.39, 0.29) is 0 Å². The summed E-state index contributed by atoms with van der Waals surface area (Å²) in [6, 6.07) is 7.14. The van der Waals surface area contributed by atoms with Crippen molar-refractivity contribution < 1.29 is 5.11 Å². The average molecular weight is 256 g/mol. The van der Waals surface area contributed by atoms with Crippen molar-refractivity contribution in [1.82, 2.24) is 9.88 Å². The fourth-order valence-electron chi connectivity index (χ4n) is 4.23. The van der Waals surface area contributed by atoms with Crippen LogP contribution in [0.15, 0.2) is 24.4 Å². The number of likely N-dealkylation sites (tertiary alicyclic amines) is 1. The first kappa shape index (κ1) is 11.5. The number of aromatic amines is 1. The lowest BCUT2D eigenvalue weighted by Gasteiger charge is -2.24. The highest BCUT2D eigenvalue weighted by Crippen LogP contribution is 2.39. The minimum absolute atomic E-state index is 0.317. The first-order valence-corrected chi connectivity index (χ1v) is 7.17. The number of aromatic nitrogens is 1. The van der Waals surface area contributed by atoms with Gasteiger partial charge in [-0.3, -0.25) is 0 Å². The predicted octanol–water partition coefficient (Wildman–Crippen LogP) is 1.81. The van der Waals surface area contributed by atoms with Crippen molar-refractivity contribution >= 4 is 10.9 Å². The molecule has 3 heteroatoms. The third kappa shape index (κ3) is 1.58. The summed E-state index contributed by atoms with van der Waals surface area (Å²) in [7, 11) is 2.20. The zero-order chi connectivity index (χ0) is 13.0. The van der Waals surface area contributed by atoms with Gasteiger partial charge in [0.2, 0.25) is 0 Å². The summed E-state index contributed by atoms with van der Waals surface area (Å²) in [5.74, 6) is 1.02. The van der Waals surface area contributed by atoms with E-state index in [0.29, 0.717) is 24.5 Å². The largest absolute Gasteiger partial charge is 0.396 e. The van der Waals surface area contributed by atoms with Crippen molar-refractivity contribution in [2.24, 2.45) is 11.8 Å². The summed E-state index contributed by atoms with van der Waals surface area (Å²) in [6.07, 6.45) is 4.38. The van der Waals surface area contributed by atoms with Gasteiger partial charge < -0.3 is 15.0 Å². The van der Waals surface area contributed by atoms with E-state index >= 15 is 0 Å². The molecule has 1 aromatic carbocycles. The van der Waals surface area contributed by atoms with Gasteiger partial charge in [-0.05, 0) is 48.9 Å². The van der Waals surface area contributed by atoms with E-state index < -0.39 is 0 Å². The summed E-state index contributed by atoms with van der Waals surface area (Å²) in [6.45, 7) is 1.35. The Bertz CT molecular complexity index is 618. The molecule has 19 heavy (non-hydrogen) atoms. The van der Waals surface area contributed by atoms with Crippen LogP contribution in [0.2, 0.25) is 0 Å². The van der Waals surface area contributed by atoms with E-state index in [9.17, 15) is 5.11 Å². The highest BCUT2D eigenvalue weighted by atomic mass is 16.3. The molecule has 3 nitrogen and oxygen atoms in total. The fourth-order valence-corrected chi connectivity index (χ4v) is 4.23. The van der Waals surface area contributed by atoms with Gasteiger partial charge in [0.05, 0.1) is 0 Å². The van der Waals surface area contributed by atoms with Gasteiger partial charge in [0.1, 0.15) is 0 Å². The van der Waals surface area contributed by atoms with E-state index in [2.05, 4.69) is 41.3 Å². The van der Waals surface area contributed by atoms with Crippen LogP contribution < -0.4 is 0 Å². The Morgan fingerprint density at radius 3 is 3.05 bits per heavy atom. The number of H-pyrrole nitrogens is 1. The van der Waals surface area contributed by atoms with Crippen molar-refractivity contribution in [3.05, 3.63) is 35.5 Å². The monoisotopic (exact) mass is 256 g/mol. The Balaban J connectivity index is 1.85. The second-order valence-corrected chi connectivity index (χ2v) is 6.18. The van der Waals surface area contributed by atoms with Gasteiger partial charge in [0.15, 0.2) is 0 Å². The van der Waals surface area contributed by atoms with Gasteiger partial charge in [0, 0.05) is 36.3 Å². The zero-order valence-corrected chi connectivity index (χ0v) is 11.3. The summed E-state index contributed by atoms with van der Waals surface area (Å²) in [4.78, 5) is 5.84. The minimum atomic E-state index is 0.317. The molecule has 1 aliphatic carbocycles. The number of nitrogens with zero attached hydrogens (tertiary/aromatic N) is 1. The summed E-state index contributed by atoms with van der Waals surface area (Å²) in [5, 5.41) is 11.1. The molecule has 1 saturated heterocycles. The smallest absolute Gasteiger partial charge is 0.0474 e. The summed E-state index contributed by atoms with van der Waals surface area (Å²) >= 11 is 0. The maximum Gasteiger partial charge on any atom is 0.0474 e. The van der Waals surface area contributed by atoms with Crippen LogP contribution in [-0.4, -0.2) is 41.2 Å². The summed E-state index contributed by atoms with van der Waals surface area (Å²) < 4.78 is 0. The number of rotatable bonds is 1. The van der Waals surface area contributed by atoms with Crippen LogP contribution in [0.25, 0.3) is 10.9 Å². The Hall–Kier alpha value is -1.32. The zero-order valence-electron chi connectivity index (χ0n) is 11.3. The van der Waals surface area contributed by atoms with Crippen molar-refractivity contribution in [2.45, 2.75) is 18.9 Å². The van der Waals surface area contributed by atoms with Crippen LogP contribution in [0.1, 0.15) is 11.1 Å². The third-order valence-electron chi connectivity index (χ3n) is 5.18. The molecule has 0 spiro atoms. The SMILES string of the molecule is CN1C[C@H](CO)[C@@H]2Cc3cccc4[nH]cc(c34)C[C@H]21. The maximum atomic E-state index is 9.64. The highest BCUT2D eigenvalue weighted by Gasteiger charge is 2.41. The molecule has 2 N–H and O–H groups in total. The van der Waals surface area contributed by atoms with Crippen LogP contribution in [0.5, 0.6) is 0 Å². The number of hydrogen-bond acceptors (Lipinski definition) is 2. The second-order valence-electron chi connectivity index (χ2n) is 6.18. The molecule has 0 saturated carbocycles. The Morgan fingerprint density at radius 2 is 2.21 bits per heavy atom. The van der Waals surface area contributed by atoms with E-state index in [4.69, 9.17) is 0 Å². The molecule has 2 aromatic rings. The molecule has 1 fully saturated rings. The molecule has 0 unspecified atom stereocenters. The van der Waals surface area contributed by atoms with Gasteiger partial charge in [-0.2, -0.15) is 0 Å². The Morgan fingerprint density at radius 1 is 1.32 bits per heavy atom. The molecule has 2 heterocycles. The van der Waals surface area contributed by atoms with Crippen LogP contribution in [-0.2, 0) is 12.8 Å². The average Bonchev–Trinajstić information content (AvgIpc) is 2.89. The number of fused-ring (bicyclic) bond motifs is 1. The number of likely N-dealkylation sites (N-methyl/N-ethyl adjacent to an activating group) is 1. The molecular weight excluding hydrogens is 236 g/mol. The van der Waals surface area contributed by atoms with E-state index in [1.807, 2.05) is 0 Å². The van der Waals surface area contributed by atoms with Gasteiger partial charge >= 0.3 is 0 Å². The topological polar surface area (TPSA) is 39.3 Å². The minimum Gasteiger partial charge on any atom is -0.396 e. The fraction of sp³-hybridized carbons (Fsp3) is 0.500. The van der Waals surface area contributed by atoms with Crippen molar-refractivity contribution in [3.8, 4) is 0 Å². The number of aliphatic hydroxyl groups is 1. The molecule has 2 aliphatic rings. The lowest BCUT2D eigenvalue weighted by atomic mass is 9.85. The number of hydrogen-bond donors (Lipinski definition) is 2. The first-order chi connectivity index (χ1) is 9.28. The maximum absolute atomic E-state index is 9.64. The van der Waals surface area contributed by atoms with E-state index in [0.717, 1.165) is 19.4 Å². The quantitative estimate of drug-likeness (QED) is 0.817. The third-order valence-corrected chi connectivity index (χ3v) is 5.18. The van der Waals surface area contributed by atoms with E-state index in [1.165, 1.54) is 22.0 Å². The molecular formula is C16H20N2O. The van der Waals surface area contributed by atoms with Crippen molar-refractivity contribution in [1.29, 1.82) is 0 Å². The second kappa shape index (κ2) is 4.09. The molecule has 3 atom stereocenters. The van der Waals surface area contributed by atoms with Crippen molar-refractivity contribution in [3.63, 3.8) is 0 Å². The molecule has 100 valence electrons. The van der Waals surface area contributed by atoms with Gasteiger partial charge in [-0.15, -0.1) is 0 Å². The van der Waals surface area contributed by atoms with Crippen LogP contribution in [0.4, 0.5) is 0 Å². The predicted molar refractivity (Wildman–Crippen MR) is 76.2 cm³/mol. The molecule has 1 aromatic heterocycles. The number of aliphatic hydroxyl groups excluding tert-OH is 1. The van der Waals surface area contributed by atoms with Gasteiger partial charge in [0.25, 0.3) is 0 Å². The molecule has 0 amide bonds. The first-order valence-electron chi connectivity index (χ1n) is 7.17. The highest BCUT2D eigenvalue weighted by molar-refractivity contribution is 5.87. The standard InChI is InChI=1S/C16H20N2O/c1-18-8-12(9-19)13-5-10-3-2-4-14-16(10)11(7-17-14)6-15(13)18/h2-4,7,12-13,15,17,19H,5-6,8-9H2,1H3/t12-,13+,15-/m1/s1. The lowest BCUT2D eigenvalue weighted by Crippen LogP contribution is -2.31. The van der Waals surface area contributed by atoms with E-state index in [1.54, 1.807) is 0 Å². The summed E-state index contributed by atoms with van der Waals surface area (Å²) in [5.41, 5.74) is 4.16. The molecule has 1 aliphatic heterocycles. The molecule has 0 radical (unpaired) electrons. The lowest BCUT2D eigenvalue weighted by molar-refractivity contribution is 0.196. The molecule has 0 bridgehead atoms. The normalized spacial score (nSPS) is 30.5. The number of benzene rings is 1. The van der Waals surface area contributed by atoms with Crippen LogP contribution in [0.3, 0.4) is 0 Å².